The van der Waals surface area contributed by atoms with Gasteiger partial charge in [-0.15, -0.1) is 0 Å². The highest BCUT2D eigenvalue weighted by Gasteiger charge is 2.21. The van der Waals surface area contributed by atoms with E-state index in [9.17, 15) is 0 Å². The van der Waals surface area contributed by atoms with Crippen LogP contribution in [0.4, 0.5) is 0 Å². The topological polar surface area (TPSA) is 0 Å². The molecule has 0 aliphatic heterocycles. The summed E-state index contributed by atoms with van der Waals surface area (Å²) in [6.07, 6.45) is 10.5. The van der Waals surface area contributed by atoms with Crippen LogP contribution in [-0.2, 0) is 25.7 Å². The maximum absolute atomic E-state index is 2.46. The number of hydrogen-bond donors (Lipinski definition) is 0. The normalized spacial score (nSPS) is 17.0. The summed E-state index contributed by atoms with van der Waals surface area (Å²) in [6.45, 7) is 4.57. The molecule has 0 amide bonds. The second-order valence-corrected chi connectivity index (χ2v) is 7.26. The van der Waals surface area contributed by atoms with Crippen LogP contribution in [0.15, 0.2) is 24.3 Å². The molecule has 0 nitrogen and oxygen atoms in total. The minimum absolute atomic E-state index is 1.27. The van der Waals surface area contributed by atoms with E-state index in [0.717, 1.165) is 0 Å². The van der Waals surface area contributed by atoms with Gasteiger partial charge in [-0.3, -0.25) is 0 Å². The molecule has 114 valence electrons. The van der Waals surface area contributed by atoms with Crippen LogP contribution in [0.1, 0.15) is 59.1 Å². The predicted octanol–water partition coefficient (Wildman–Crippen LogP) is 5.73. The van der Waals surface area contributed by atoms with Gasteiger partial charge >= 0.3 is 0 Å². The minimum atomic E-state index is 1.27. The van der Waals surface area contributed by atoms with Gasteiger partial charge in [0.25, 0.3) is 0 Å². The van der Waals surface area contributed by atoms with E-state index in [1.54, 1.807) is 33.4 Å². The number of rotatable bonds is 1. The van der Waals surface area contributed by atoms with Crippen LogP contribution in [-0.4, -0.2) is 0 Å². The first-order valence-electron chi connectivity index (χ1n) is 8.98. The van der Waals surface area contributed by atoms with Crippen molar-refractivity contribution in [2.24, 2.45) is 0 Å². The van der Waals surface area contributed by atoms with Crippen molar-refractivity contribution in [2.75, 3.05) is 0 Å². The summed E-state index contributed by atoms with van der Waals surface area (Å²) in [4.78, 5) is 0. The zero-order valence-electron chi connectivity index (χ0n) is 14.0. The van der Waals surface area contributed by atoms with Crippen LogP contribution in [0.3, 0.4) is 0 Å². The molecule has 0 bridgehead atoms. The molecular formula is C22H26. The summed E-state index contributed by atoms with van der Waals surface area (Å²) < 4.78 is 0. The van der Waals surface area contributed by atoms with Gasteiger partial charge in [0.1, 0.15) is 0 Å². The van der Waals surface area contributed by atoms with E-state index in [1.807, 2.05) is 0 Å². The number of benzene rings is 2. The fourth-order valence-electron chi connectivity index (χ4n) is 4.57. The molecule has 22 heavy (non-hydrogen) atoms. The molecular weight excluding hydrogens is 264 g/mol. The van der Waals surface area contributed by atoms with Gasteiger partial charge in [-0.2, -0.15) is 0 Å². The lowest BCUT2D eigenvalue weighted by atomic mass is 9.79. The Morgan fingerprint density at radius 1 is 0.682 bits per heavy atom. The summed E-state index contributed by atoms with van der Waals surface area (Å²) in [7, 11) is 0. The van der Waals surface area contributed by atoms with E-state index in [2.05, 4.69) is 38.1 Å². The fourth-order valence-corrected chi connectivity index (χ4v) is 4.57. The van der Waals surface area contributed by atoms with Crippen molar-refractivity contribution in [3.05, 3.63) is 57.6 Å². The summed E-state index contributed by atoms with van der Waals surface area (Å²) in [5, 5.41) is 0. The molecule has 0 saturated carbocycles. The Labute approximate surface area is 134 Å². The van der Waals surface area contributed by atoms with Crippen molar-refractivity contribution in [2.45, 2.75) is 65.2 Å². The Kier molecular flexibility index (Phi) is 3.56. The van der Waals surface area contributed by atoms with Crippen LogP contribution in [0.5, 0.6) is 0 Å². The summed E-state index contributed by atoms with van der Waals surface area (Å²) >= 11 is 0. The Balaban J connectivity index is 1.98. The average molecular weight is 290 g/mol. The first-order chi connectivity index (χ1) is 10.7. The lowest BCUT2D eigenvalue weighted by Gasteiger charge is -2.26. The zero-order chi connectivity index (χ0) is 15.1. The highest BCUT2D eigenvalue weighted by Crippen LogP contribution is 2.39. The van der Waals surface area contributed by atoms with Crippen LogP contribution in [0.25, 0.3) is 11.1 Å². The van der Waals surface area contributed by atoms with Crippen LogP contribution in [0.2, 0.25) is 0 Å². The molecule has 0 heteroatoms. The van der Waals surface area contributed by atoms with Crippen molar-refractivity contribution in [1.29, 1.82) is 0 Å². The molecule has 0 radical (unpaired) electrons. The van der Waals surface area contributed by atoms with Gasteiger partial charge in [-0.25, -0.2) is 0 Å². The van der Waals surface area contributed by atoms with E-state index in [0.29, 0.717) is 0 Å². The maximum atomic E-state index is 2.46. The quantitative estimate of drug-likeness (QED) is 0.629. The lowest BCUT2D eigenvalue weighted by molar-refractivity contribution is 0.680. The molecule has 0 N–H and O–H groups in total. The standard InChI is InChI=1S/C22H26/c1-15-13-18-8-4-5-9-19(18)21(14-15)22-16(2)11-12-17-7-3-6-10-20(17)22/h11-14H,3-10H2,1-2H3. The van der Waals surface area contributed by atoms with Crippen molar-refractivity contribution >= 4 is 0 Å². The molecule has 0 aromatic heterocycles. The lowest BCUT2D eigenvalue weighted by Crippen LogP contribution is -2.10. The zero-order valence-corrected chi connectivity index (χ0v) is 14.0. The summed E-state index contributed by atoms with van der Waals surface area (Å²) in [5.74, 6) is 0. The van der Waals surface area contributed by atoms with Gasteiger partial charge in [0.2, 0.25) is 0 Å². The van der Waals surface area contributed by atoms with E-state index < -0.39 is 0 Å². The van der Waals surface area contributed by atoms with E-state index in [1.165, 1.54) is 62.5 Å². The van der Waals surface area contributed by atoms with Crippen molar-refractivity contribution < 1.29 is 0 Å². The first-order valence-corrected chi connectivity index (χ1v) is 8.98. The monoisotopic (exact) mass is 290 g/mol. The smallest absolute Gasteiger partial charge is 0.0117 e. The van der Waals surface area contributed by atoms with Gasteiger partial charge in [0.15, 0.2) is 0 Å². The summed E-state index contributed by atoms with van der Waals surface area (Å²) in [6, 6.07) is 9.64. The van der Waals surface area contributed by atoms with Gasteiger partial charge < -0.3 is 0 Å². The van der Waals surface area contributed by atoms with Gasteiger partial charge in [0, 0.05) is 0 Å². The van der Waals surface area contributed by atoms with Gasteiger partial charge in [-0.05, 0) is 104 Å². The number of aryl methyl sites for hydroxylation is 4. The highest BCUT2D eigenvalue weighted by atomic mass is 14.3. The molecule has 2 aromatic rings. The second kappa shape index (κ2) is 5.57. The second-order valence-electron chi connectivity index (χ2n) is 7.26. The van der Waals surface area contributed by atoms with E-state index in [-0.39, 0.29) is 0 Å². The van der Waals surface area contributed by atoms with Crippen LogP contribution < -0.4 is 0 Å². The number of hydrogen-bond acceptors (Lipinski definition) is 0. The Morgan fingerprint density at radius 2 is 1.36 bits per heavy atom. The molecule has 0 saturated heterocycles. The maximum Gasteiger partial charge on any atom is -0.0117 e. The van der Waals surface area contributed by atoms with Crippen LogP contribution >= 0.6 is 0 Å². The third-order valence-electron chi connectivity index (χ3n) is 5.62. The molecule has 2 aromatic carbocycles. The molecule has 0 spiro atoms. The average Bonchev–Trinajstić information content (AvgIpc) is 2.54. The van der Waals surface area contributed by atoms with E-state index in [4.69, 9.17) is 0 Å². The molecule has 0 atom stereocenters. The van der Waals surface area contributed by atoms with Crippen LogP contribution in [0, 0.1) is 13.8 Å². The highest BCUT2D eigenvalue weighted by molar-refractivity contribution is 5.77. The van der Waals surface area contributed by atoms with Crippen molar-refractivity contribution in [1.82, 2.24) is 0 Å². The Morgan fingerprint density at radius 3 is 2.18 bits per heavy atom. The first kappa shape index (κ1) is 14.1. The Hall–Kier alpha value is -1.56. The third kappa shape index (κ3) is 2.29. The fraction of sp³-hybridized carbons (Fsp3) is 0.455. The SMILES string of the molecule is Cc1cc2c(c(-c3c(C)ccc4c3CCCC4)c1)CCCC2. The molecule has 0 unspecified atom stereocenters. The molecule has 0 fully saturated rings. The largest absolute Gasteiger partial charge is 0.0585 e. The molecule has 0 heterocycles. The molecule has 2 aliphatic carbocycles. The predicted molar refractivity (Wildman–Crippen MR) is 94.6 cm³/mol. The van der Waals surface area contributed by atoms with Gasteiger partial charge in [-0.1, -0.05) is 29.8 Å². The third-order valence-corrected chi connectivity index (χ3v) is 5.62. The molecule has 2 aliphatic rings. The van der Waals surface area contributed by atoms with Crippen molar-refractivity contribution in [3.8, 4) is 11.1 Å². The summed E-state index contributed by atoms with van der Waals surface area (Å²) in [5.41, 5.74) is 12.6. The van der Waals surface area contributed by atoms with Gasteiger partial charge in [0.05, 0.1) is 0 Å². The van der Waals surface area contributed by atoms with E-state index >= 15 is 0 Å². The van der Waals surface area contributed by atoms with Crippen molar-refractivity contribution in [3.63, 3.8) is 0 Å². The molecule has 4 rings (SSSR count). The Bertz CT molecular complexity index is 721. The minimum Gasteiger partial charge on any atom is -0.0585 e. The number of fused-ring (bicyclic) bond motifs is 2.